The van der Waals surface area contributed by atoms with Crippen LogP contribution in [0.2, 0.25) is 5.02 Å². The van der Waals surface area contributed by atoms with Gasteiger partial charge >= 0.3 is 0 Å². The number of hydrogen-bond donors (Lipinski definition) is 1. The highest BCUT2D eigenvalue weighted by Crippen LogP contribution is 2.42. The van der Waals surface area contributed by atoms with Crippen LogP contribution in [0.3, 0.4) is 0 Å². The third-order valence-electron chi connectivity index (χ3n) is 6.03. The highest BCUT2D eigenvalue weighted by Gasteiger charge is 2.36. The summed E-state index contributed by atoms with van der Waals surface area (Å²) in [5, 5.41) is 11.4. The Morgan fingerprint density at radius 3 is 2.93 bits per heavy atom. The first-order valence-corrected chi connectivity index (χ1v) is 10.1. The van der Waals surface area contributed by atoms with Crippen molar-refractivity contribution in [2.45, 2.75) is 44.6 Å². The Hall–Kier alpha value is -2.02. The Morgan fingerprint density at radius 2 is 2.14 bits per heavy atom. The van der Waals surface area contributed by atoms with Gasteiger partial charge in [-0.15, -0.1) is 0 Å². The molecule has 0 amide bonds. The number of aromatic nitrogens is 3. The number of aliphatic hydroxyl groups is 1. The molecule has 5 heterocycles. The summed E-state index contributed by atoms with van der Waals surface area (Å²) in [6.07, 6.45) is 3.99. The second-order valence-corrected chi connectivity index (χ2v) is 8.07. The van der Waals surface area contributed by atoms with Crippen LogP contribution in [0.15, 0.2) is 30.5 Å². The summed E-state index contributed by atoms with van der Waals surface area (Å²) in [4.78, 5) is 11.4. The summed E-state index contributed by atoms with van der Waals surface area (Å²) in [6.45, 7) is 1.95. The number of fused-ring (bicyclic) bond motifs is 5. The molecule has 7 heteroatoms. The minimum absolute atomic E-state index is 0.348. The normalized spacial score (nSPS) is 20.3. The molecule has 1 fully saturated rings. The summed E-state index contributed by atoms with van der Waals surface area (Å²) < 4.78 is 15.4. The lowest BCUT2D eigenvalue weighted by atomic mass is 9.98. The zero-order valence-electron chi connectivity index (χ0n) is 15.5. The van der Waals surface area contributed by atoms with Gasteiger partial charge in [0.1, 0.15) is 12.8 Å². The van der Waals surface area contributed by atoms with E-state index in [0.29, 0.717) is 29.0 Å². The molecule has 5 nitrogen and oxygen atoms in total. The lowest BCUT2D eigenvalue weighted by molar-refractivity contribution is 0.151. The van der Waals surface area contributed by atoms with Crippen LogP contribution >= 0.6 is 11.6 Å². The van der Waals surface area contributed by atoms with Gasteiger partial charge in [-0.1, -0.05) is 11.6 Å². The molecule has 0 bridgehead atoms. The Kier molecular flexibility index (Phi) is 4.57. The fraction of sp³-hybridized carbons (Fsp3) is 0.429. The van der Waals surface area contributed by atoms with E-state index < -0.39 is 12.8 Å². The van der Waals surface area contributed by atoms with Crippen molar-refractivity contribution in [3.63, 3.8) is 0 Å². The maximum atomic E-state index is 13.3. The van der Waals surface area contributed by atoms with Gasteiger partial charge < -0.3 is 9.67 Å². The Bertz CT molecular complexity index is 1020. The molecular formula is C21H22ClFN4O. The predicted octanol–water partition coefficient (Wildman–Crippen LogP) is 3.98. The number of rotatable bonds is 4. The first kappa shape index (κ1) is 18.0. The Morgan fingerprint density at radius 1 is 1.25 bits per heavy atom. The first-order chi connectivity index (χ1) is 13.7. The Labute approximate surface area is 167 Å². The van der Waals surface area contributed by atoms with Crippen molar-refractivity contribution in [3.8, 4) is 0 Å². The second-order valence-electron chi connectivity index (χ2n) is 7.64. The molecule has 0 aromatic carbocycles. The van der Waals surface area contributed by atoms with E-state index >= 15 is 0 Å². The smallest absolute Gasteiger partial charge is 0.131 e. The lowest BCUT2D eigenvalue weighted by Crippen LogP contribution is -2.31. The molecule has 2 aliphatic heterocycles. The van der Waals surface area contributed by atoms with Crippen LogP contribution in [0.5, 0.6) is 0 Å². The summed E-state index contributed by atoms with van der Waals surface area (Å²) in [6, 6.07) is 7.52. The van der Waals surface area contributed by atoms with E-state index in [-0.39, 0.29) is 0 Å². The molecule has 2 aliphatic rings. The fourth-order valence-corrected chi connectivity index (χ4v) is 4.87. The van der Waals surface area contributed by atoms with Gasteiger partial charge in [0.15, 0.2) is 0 Å². The van der Waals surface area contributed by atoms with Gasteiger partial charge in [0.2, 0.25) is 0 Å². The first-order valence-electron chi connectivity index (χ1n) is 9.76. The third kappa shape index (κ3) is 2.91. The largest absolute Gasteiger partial charge is 0.385 e. The predicted molar refractivity (Wildman–Crippen MR) is 106 cm³/mol. The van der Waals surface area contributed by atoms with E-state index in [0.717, 1.165) is 37.0 Å². The molecule has 3 aromatic rings. The summed E-state index contributed by atoms with van der Waals surface area (Å²) >= 11 is 5.92. The standard InChI is InChI=1S/C21H22ClFN4O/c22-13-3-5-15(24-11-13)19(28)12-27-17-7-9-26-8-1-2-16(26)20(17)21-18(27)6-4-14(10-23)25-21/h3-6,11,16,19,28H,1-2,7-10,12H2. The number of aliphatic hydroxyl groups excluding tert-OH is 1. The van der Waals surface area contributed by atoms with Crippen LogP contribution in [0.25, 0.3) is 11.0 Å². The van der Waals surface area contributed by atoms with E-state index in [1.165, 1.54) is 17.7 Å². The van der Waals surface area contributed by atoms with Crippen LogP contribution in [0.4, 0.5) is 4.39 Å². The molecule has 0 saturated carbocycles. The fourth-order valence-electron chi connectivity index (χ4n) is 4.76. The lowest BCUT2D eigenvalue weighted by Gasteiger charge is -2.31. The zero-order chi connectivity index (χ0) is 19.3. The summed E-state index contributed by atoms with van der Waals surface area (Å²) in [7, 11) is 0. The number of alkyl halides is 1. The average molecular weight is 401 g/mol. The summed E-state index contributed by atoms with van der Waals surface area (Å²) in [5.74, 6) is 0. The monoisotopic (exact) mass is 400 g/mol. The molecule has 1 saturated heterocycles. The molecule has 28 heavy (non-hydrogen) atoms. The number of pyridine rings is 2. The van der Waals surface area contributed by atoms with Crippen molar-refractivity contribution in [2.24, 2.45) is 0 Å². The van der Waals surface area contributed by atoms with E-state index in [9.17, 15) is 9.50 Å². The number of hydrogen-bond acceptors (Lipinski definition) is 4. The van der Waals surface area contributed by atoms with Crippen molar-refractivity contribution in [2.75, 3.05) is 13.1 Å². The van der Waals surface area contributed by atoms with Gasteiger partial charge in [-0.05, 0) is 43.7 Å². The minimum atomic E-state index is -0.751. The number of halogens is 2. The summed E-state index contributed by atoms with van der Waals surface area (Å²) in [5.41, 5.74) is 5.34. The highest BCUT2D eigenvalue weighted by atomic mass is 35.5. The van der Waals surface area contributed by atoms with Gasteiger partial charge in [-0.3, -0.25) is 9.88 Å². The van der Waals surface area contributed by atoms with E-state index in [1.54, 1.807) is 24.4 Å². The molecule has 0 aliphatic carbocycles. The van der Waals surface area contributed by atoms with Crippen molar-refractivity contribution in [3.05, 3.63) is 58.1 Å². The third-order valence-corrected chi connectivity index (χ3v) is 6.25. The SMILES string of the molecule is OC(Cn1c2c(c3nc(CF)ccc31)C1CCCN1CC2)c1ccc(Cl)cn1. The van der Waals surface area contributed by atoms with Crippen molar-refractivity contribution in [1.82, 2.24) is 19.4 Å². The molecule has 5 rings (SSSR count). The molecular weight excluding hydrogens is 379 g/mol. The van der Waals surface area contributed by atoms with Gasteiger partial charge in [0.05, 0.1) is 34.0 Å². The van der Waals surface area contributed by atoms with Gasteiger partial charge in [0, 0.05) is 36.5 Å². The van der Waals surface area contributed by atoms with Crippen LogP contribution < -0.4 is 0 Å². The number of nitrogens with zero attached hydrogens (tertiary/aromatic N) is 4. The van der Waals surface area contributed by atoms with Crippen LogP contribution in [0, 0.1) is 0 Å². The van der Waals surface area contributed by atoms with Crippen molar-refractivity contribution < 1.29 is 9.50 Å². The van der Waals surface area contributed by atoms with Crippen LogP contribution in [0.1, 0.15) is 47.6 Å². The molecule has 1 N–H and O–H groups in total. The van der Waals surface area contributed by atoms with Gasteiger partial charge in [0.25, 0.3) is 0 Å². The minimum Gasteiger partial charge on any atom is -0.385 e. The second kappa shape index (κ2) is 7.10. The van der Waals surface area contributed by atoms with E-state index in [2.05, 4.69) is 19.4 Å². The van der Waals surface area contributed by atoms with Crippen molar-refractivity contribution >= 4 is 22.6 Å². The van der Waals surface area contributed by atoms with E-state index in [4.69, 9.17) is 11.6 Å². The Balaban J connectivity index is 1.61. The van der Waals surface area contributed by atoms with Crippen LogP contribution in [-0.2, 0) is 19.6 Å². The molecule has 2 unspecified atom stereocenters. The molecule has 0 radical (unpaired) electrons. The van der Waals surface area contributed by atoms with Gasteiger partial charge in [-0.2, -0.15) is 0 Å². The molecule has 0 spiro atoms. The molecule has 146 valence electrons. The molecule has 3 aromatic heterocycles. The maximum absolute atomic E-state index is 13.3. The van der Waals surface area contributed by atoms with Crippen molar-refractivity contribution in [1.29, 1.82) is 0 Å². The zero-order valence-corrected chi connectivity index (χ0v) is 16.2. The average Bonchev–Trinajstić information content (AvgIpc) is 3.31. The van der Waals surface area contributed by atoms with Crippen LogP contribution in [-0.4, -0.2) is 37.6 Å². The quantitative estimate of drug-likeness (QED) is 0.719. The van der Waals surface area contributed by atoms with E-state index in [1.807, 2.05) is 6.07 Å². The maximum Gasteiger partial charge on any atom is 0.131 e. The molecule has 2 atom stereocenters. The highest BCUT2D eigenvalue weighted by molar-refractivity contribution is 6.30. The topological polar surface area (TPSA) is 54.2 Å². The van der Waals surface area contributed by atoms with Gasteiger partial charge in [-0.25, -0.2) is 9.37 Å².